The maximum atomic E-state index is 11.9. The monoisotopic (exact) mass is 340 g/mol. The van der Waals surface area contributed by atoms with Crippen LogP contribution < -0.4 is 5.43 Å². The molecule has 21 heavy (non-hydrogen) atoms. The SMILES string of the molecule is C/C(=N\NC(=O)c1ccc(Cl)cc1)c1ccc(Cl)cc1Cl. The van der Waals surface area contributed by atoms with Gasteiger partial charge >= 0.3 is 0 Å². The van der Waals surface area contributed by atoms with Crippen molar-refractivity contribution in [2.24, 2.45) is 5.10 Å². The van der Waals surface area contributed by atoms with Crippen molar-refractivity contribution in [1.82, 2.24) is 5.43 Å². The van der Waals surface area contributed by atoms with Gasteiger partial charge in [0, 0.05) is 21.2 Å². The van der Waals surface area contributed by atoms with Gasteiger partial charge in [-0.2, -0.15) is 5.10 Å². The van der Waals surface area contributed by atoms with E-state index in [1.165, 1.54) is 0 Å². The van der Waals surface area contributed by atoms with Gasteiger partial charge in [-0.3, -0.25) is 4.79 Å². The van der Waals surface area contributed by atoms with E-state index in [9.17, 15) is 4.79 Å². The van der Waals surface area contributed by atoms with Crippen LogP contribution in [0.2, 0.25) is 15.1 Å². The number of hydrogen-bond acceptors (Lipinski definition) is 2. The van der Waals surface area contributed by atoms with E-state index in [4.69, 9.17) is 34.8 Å². The molecule has 0 fully saturated rings. The third-order valence-corrected chi connectivity index (χ3v) is 3.55. The first-order valence-electron chi connectivity index (χ1n) is 6.03. The Morgan fingerprint density at radius 2 is 1.62 bits per heavy atom. The van der Waals surface area contributed by atoms with Crippen molar-refractivity contribution in [2.75, 3.05) is 0 Å². The van der Waals surface area contributed by atoms with Crippen molar-refractivity contribution in [1.29, 1.82) is 0 Å². The smallest absolute Gasteiger partial charge is 0.267 e. The fourth-order valence-electron chi connectivity index (χ4n) is 1.64. The summed E-state index contributed by atoms with van der Waals surface area (Å²) in [5, 5.41) is 5.63. The minimum atomic E-state index is -0.323. The highest BCUT2D eigenvalue weighted by Crippen LogP contribution is 2.21. The molecular weight excluding hydrogens is 331 g/mol. The zero-order valence-electron chi connectivity index (χ0n) is 11.0. The van der Waals surface area contributed by atoms with E-state index in [0.717, 1.165) is 0 Å². The molecule has 2 aromatic rings. The Bertz CT molecular complexity index is 697. The number of hydrazone groups is 1. The van der Waals surface area contributed by atoms with Crippen molar-refractivity contribution in [3.8, 4) is 0 Å². The van der Waals surface area contributed by atoms with Crippen LogP contribution in [0.4, 0.5) is 0 Å². The second kappa shape index (κ2) is 6.94. The predicted octanol–water partition coefficient (Wildman–Crippen LogP) is 4.80. The Kier molecular flexibility index (Phi) is 5.23. The van der Waals surface area contributed by atoms with Gasteiger partial charge in [0.15, 0.2) is 0 Å². The minimum Gasteiger partial charge on any atom is -0.267 e. The van der Waals surface area contributed by atoms with Gasteiger partial charge in [-0.15, -0.1) is 0 Å². The number of benzene rings is 2. The molecule has 0 radical (unpaired) electrons. The first kappa shape index (κ1) is 15.8. The van der Waals surface area contributed by atoms with Crippen molar-refractivity contribution < 1.29 is 4.79 Å². The van der Waals surface area contributed by atoms with Gasteiger partial charge in [-0.1, -0.05) is 40.9 Å². The summed E-state index contributed by atoms with van der Waals surface area (Å²) >= 11 is 17.7. The van der Waals surface area contributed by atoms with Gasteiger partial charge in [-0.25, -0.2) is 5.43 Å². The van der Waals surface area contributed by atoms with Gasteiger partial charge in [-0.05, 0) is 43.3 Å². The molecule has 2 rings (SSSR count). The molecule has 0 aromatic heterocycles. The van der Waals surface area contributed by atoms with Gasteiger partial charge in [0.2, 0.25) is 0 Å². The number of hydrogen-bond donors (Lipinski definition) is 1. The highest BCUT2D eigenvalue weighted by Gasteiger charge is 2.07. The standard InChI is InChI=1S/C15H11Cl3N2O/c1-9(13-7-6-12(17)8-14(13)18)19-20-15(21)10-2-4-11(16)5-3-10/h2-8H,1H3,(H,20,21)/b19-9+. The molecule has 0 aliphatic rings. The fraction of sp³-hybridized carbons (Fsp3) is 0.0667. The normalized spacial score (nSPS) is 11.3. The van der Waals surface area contributed by atoms with E-state index < -0.39 is 0 Å². The number of amides is 1. The highest BCUT2D eigenvalue weighted by atomic mass is 35.5. The summed E-state index contributed by atoms with van der Waals surface area (Å²) in [6, 6.07) is 11.6. The molecular formula is C15H11Cl3N2O. The van der Waals surface area contributed by atoms with E-state index in [1.54, 1.807) is 49.4 Å². The molecule has 0 saturated heterocycles. The van der Waals surface area contributed by atoms with Crippen molar-refractivity contribution in [3.05, 3.63) is 68.7 Å². The lowest BCUT2D eigenvalue weighted by atomic mass is 10.1. The Hall–Kier alpha value is -1.55. The topological polar surface area (TPSA) is 41.5 Å². The number of carbonyl (C=O) groups excluding carboxylic acids is 1. The molecule has 0 unspecified atom stereocenters. The first-order valence-corrected chi connectivity index (χ1v) is 7.16. The van der Waals surface area contributed by atoms with Crippen molar-refractivity contribution in [3.63, 3.8) is 0 Å². The predicted molar refractivity (Wildman–Crippen MR) is 87.6 cm³/mol. The third-order valence-electron chi connectivity index (χ3n) is 2.75. The third kappa shape index (κ3) is 4.21. The average molecular weight is 342 g/mol. The largest absolute Gasteiger partial charge is 0.271 e. The van der Waals surface area contributed by atoms with Crippen LogP contribution in [0.25, 0.3) is 0 Å². The van der Waals surface area contributed by atoms with E-state index in [2.05, 4.69) is 10.5 Å². The first-order chi connectivity index (χ1) is 9.97. The molecule has 108 valence electrons. The summed E-state index contributed by atoms with van der Waals surface area (Å²) in [7, 11) is 0. The summed E-state index contributed by atoms with van der Waals surface area (Å²) in [6.07, 6.45) is 0. The molecule has 2 aromatic carbocycles. The number of rotatable bonds is 3. The molecule has 0 heterocycles. The van der Waals surface area contributed by atoms with Crippen molar-refractivity contribution in [2.45, 2.75) is 6.92 Å². The van der Waals surface area contributed by atoms with Crippen LogP contribution in [0.15, 0.2) is 47.6 Å². The maximum Gasteiger partial charge on any atom is 0.271 e. The summed E-state index contributed by atoms with van der Waals surface area (Å²) in [4.78, 5) is 11.9. The molecule has 1 amide bonds. The Morgan fingerprint density at radius 3 is 2.24 bits per heavy atom. The molecule has 1 N–H and O–H groups in total. The number of halogens is 3. The second-order valence-electron chi connectivity index (χ2n) is 4.27. The Morgan fingerprint density at radius 1 is 1.00 bits per heavy atom. The van der Waals surface area contributed by atoms with Gasteiger partial charge in [0.1, 0.15) is 0 Å². The quantitative estimate of drug-likeness (QED) is 0.632. The van der Waals surface area contributed by atoms with E-state index in [0.29, 0.717) is 31.9 Å². The lowest BCUT2D eigenvalue weighted by Crippen LogP contribution is -2.19. The van der Waals surface area contributed by atoms with Crippen LogP contribution in [0.5, 0.6) is 0 Å². The van der Waals surface area contributed by atoms with E-state index in [1.807, 2.05) is 0 Å². The zero-order valence-corrected chi connectivity index (χ0v) is 13.3. The summed E-state index contributed by atoms with van der Waals surface area (Å²) in [6.45, 7) is 1.75. The van der Waals surface area contributed by atoms with Crippen LogP contribution >= 0.6 is 34.8 Å². The second-order valence-corrected chi connectivity index (χ2v) is 5.55. The number of nitrogens with one attached hydrogen (secondary N) is 1. The zero-order chi connectivity index (χ0) is 15.4. The minimum absolute atomic E-state index is 0.323. The van der Waals surface area contributed by atoms with Crippen LogP contribution in [0.3, 0.4) is 0 Å². The van der Waals surface area contributed by atoms with Gasteiger partial charge in [0.25, 0.3) is 5.91 Å². The summed E-state index contributed by atoms with van der Waals surface area (Å²) < 4.78 is 0. The van der Waals surface area contributed by atoms with Crippen LogP contribution in [-0.4, -0.2) is 11.6 Å². The average Bonchev–Trinajstić information content (AvgIpc) is 2.45. The molecule has 0 saturated carbocycles. The molecule has 0 bridgehead atoms. The molecule has 0 spiro atoms. The van der Waals surface area contributed by atoms with E-state index >= 15 is 0 Å². The lowest BCUT2D eigenvalue weighted by molar-refractivity contribution is 0.0955. The number of nitrogens with zero attached hydrogens (tertiary/aromatic N) is 1. The highest BCUT2D eigenvalue weighted by molar-refractivity contribution is 6.37. The Balaban J connectivity index is 2.12. The molecule has 0 aliphatic heterocycles. The number of carbonyl (C=O) groups is 1. The summed E-state index contributed by atoms with van der Waals surface area (Å²) in [5.41, 5.74) is 4.23. The molecule has 3 nitrogen and oxygen atoms in total. The van der Waals surface area contributed by atoms with Crippen molar-refractivity contribution >= 4 is 46.4 Å². The van der Waals surface area contributed by atoms with Crippen LogP contribution in [0.1, 0.15) is 22.8 Å². The van der Waals surface area contributed by atoms with Crippen LogP contribution in [-0.2, 0) is 0 Å². The maximum absolute atomic E-state index is 11.9. The fourth-order valence-corrected chi connectivity index (χ4v) is 2.31. The van der Waals surface area contributed by atoms with Crippen LogP contribution in [0, 0.1) is 0 Å². The molecule has 6 heteroatoms. The molecule has 0 atom stereocenters. The summed E-state index contributed by atoms with van der Waals surface area (Å²) in [5.74, 6) is -0.323. The lowest BCUT2D eigenvalue weighted by Gasteiger charge is -2.05. The van der Waals surface area contributed by atoms with Gasteiger partial charge < -0.3 is 0 Å². The molecule has 0 aliphatic carbocycles. The van der Waals surface area contributed by atoms with E-state index in [-0.39, 0.29) is 5.91 Å². The Labute approximate surface area is 137 Å². The van der Waals surface area contributed by atoms with Gasteiger partial charge in [0.05, 0.1) is 10.7 Å².